The van der Waals surface area contributed by atoms with Crippen LogP contribution in [0.1, 0.15) is 36.0 Å². The number of carbonyl (C=O) groups is 1. The van der Waals surface area contributed by atoms with Gasteiger partial charge in [0.1, 0.15) is 11.9 Å². The Labute approximate surface area is 182 Å². The summed E-state index contributed by atoms with van der Waals surface area (Å²) < 4.78 is 14.9. The molecule has 1 aliphatic carbocycles. The lowest BCUT2D eigenvalue weighted by Crippen LogP contribution is -2.55. The quantitative estimate of drug-likeness (QED) is 0.783. The minimum Gasteiger partial charge on any atom is -0.338 e. The Morgan fingerprint density at radius 3 is 2.74 bits per heavy atom. The molecule has 2 aliphatic heterocycles. The molecule has 3 atom stereocenters. The molecule has 5 nitrogen and oxygen atoms in total. The summed E-state index contributed by atoms with van der Waals surface area (Å²) in [4.78, 5) is 15.1. The van der Waals surface area contributed by atoms with Crippen LogP contribution in [-0.4, -0.2) is 36.0 Å². The molecule has 2 fully saturated rings. The number of nitriles is 1. The van der Waals surface area contributed by atoms with Crippen LogP contribution >= 0.6 is 0 Å². The number of halogens is 1. The fraction of sp³-hybridized carbons (Fsp3) is 0.440. The van der Waals surface area contributed by atoms with Crippen LogP contribution in [0.4, 0.5) is 4.39 Å². The summed E-state index contributed by atoms with van der Waals surface area (Å²) in [5, 5.41) is 15.7. The number of nitrogens with zero attached hydrogens (tertiary/aromatic N) is 2. The van der Waals surface area contributed by atoms with Crippen molar-refractivity contribution in [1.82, 2.24) is 15.5 Å². The number of nitrogens with one attached hydrogen (secondary N) is 2. The lowest BCUT2D eigenvalue weighted by Gasteiger charge is -2.27. The molecule has 2 aromatic carbocycles. The lowest BCUT2D eigenvalue weighted by atomic mass is 9.96. The van der Waals surface area contributed by atoms with E-state index in [2.05, 4.69) is 40.8 Å². The van der Waals surface area contributed by atoms with Crippen LogP contribution in [0.2, 0.25) is 0 Å². The predicted molar refractivity (Wildman–Crippen MR) is 116 cm³/mol. The maximum absolute atomic E-state index is 14.9. The van der Waals surface area contributed by atoms with E-state index < -0.39 is 11.6 Å². The Morgan fingerprint density at radius 2 is 2.06 bits per heavy atom. The molecule has 2 bridgehead atoms. The Bertz CT molecular complexity index is 1070. The van der Waals surface area contributed by atoms with Gasteiger partial charge in [0.05, 0.1) is 11.6 Å². The Morgan fingerprint density at radius 1 is 1.29 bits per heavy atom. The second-order valence-electron chi connectivity index (χ2n) is 9.39. The van der Waals surface area contributed by atoms with E-state index in [1.54, 1.807) is 6.07 Å². The van der Waals surface area contributed by atoms with E-state index in [1.165, 1.54) is 17.2 Å². The molecule has 0 aromatic heterocycles. The third-order valence-corrected chi connectivity index (χ3v) is 7.14. The average Bonchev–Trinajstić information content (AvgIpc) is 3.48. The van der Waals surface area contributed by atoms with Crippen LogP contribution in [0, 0.1) is 23.1 Å². The predicted octanol–water partition coefficient (Wildman–Crippen LogP) is 3.13. The molecule has 3 aliphatic rings. The van der Waals surface area contributed by atoms with Crippen molar-refractivity contribution in [2.45, 2.75) is 50.4 Å². The van der Waals surface area contributed by atoms with E-state index in [1.807, 2.05) is 12.1 Å². The summed E-state index contributed by atoms with van der Waals surface area (Å²) >= 11 is 0. The van der Waals surface area contributed by atoms with Gasteiger partial charge in [0.25, 0.3) is 0 Å². The van der Waals surface area contributed by atoms with Crippen molar-refractivity contribution >= 4 is 5.91 Å². The SMILES string of the molecule is CN1Cc2ccc(-c3ccc(C[C@@H](C#N)NC(=O)C45CCC(CN4)C5)c(F)c3)cc2C1. The van der Waals surface area contributed by atoms with Crippen molar-refractivity contribution in [1.29, 1.82) is 5.26 Å². The van der Waals surface area contributed by atoms with Crippen molar-refractivity contribution in [3.63, 3.8) is 0 Å². The van der Waals surface area contributed by atoms with Gasteiger partial charge in [0, 0.05) is 19.5 Å². The molecule has 2 N–H and O–H groups in total. The van der Waals surface area contributed by atoms with Gasteiger partial charge in [-0.05, 0) is 78.7 Å². The van der Waals surface area contributed by atoms with Gasteiger partial charge < -0.3 is 10.6 Å². The van der Waals surface area contributed by atoms with E-state index in [-0.39, 0.29) is 18.1 Å². The zero-order chi connectivity index (χ0) is 21.6. The van der Waals surface area contributed by atoms with Crippen LogP contribution in [0.3, 0.4) is 0 Å². The summed E-state index contributed by atoms with van der Waals surface area (Å²) in [5.41, 5.74) is 4.32. The first kappa shape index (κ1) is 20.2. The molecule has 5 rings (SSSR count). The van der Waals surface area contributed by atoms with E-state index in [0.29, 0.717) is 11.5 Å². The standard InChI is InChI=1S/C25H27FN4O/c1-30-14-20-5-3-17(8-21(20)15-30)18-2-4-19(23(26)10-18)9-22(12-27)29-24(31)25-7-6-16(11-25)13-28-25/h2-5,8,10,16,22,28H,6-7,9,11,13-15H2,1H3,(H,29,31)/t16?,22-,25?/m0/s1. The number of hydrogen-bond donors (Lipinski definition) is 2. The van der Waals surface area contributed by atoms with Crippen molar-refractivity contribution in [3.8, 4) is 17.2 Å². The van der Waals surface area contributed by atoms with Crippen molar-refractivity contribution in [2.75, 3.05) is 13.6 Å². The van der Waals surface area contributed by atoms with E-state index in [9.17, 15) is 14.4 Å². The van der Waals surface area contributed by atoms with Crippen LogP contribution in [0.5, 0.6) is 0 Å². The summed E-state index contributed by atoms with van der Waals surface area (Å²) in [6.07, 6.45) is 2.84. The number of hydrogen-bond acceptors (Lipinski definition) is 4. The molecule has 6 heteroatoms. The van der Waals surface area contributed by atoms with Crippen molar-refractivity contribution < 1.29 is 9.18 Å². The van der Waals surface area contributed by atoms with E-state index in [4.69, 9.17) is 0 Å². The molecule has 1 saturated heterocycles. The molecule has 2 heterocycles. The van der Waals surface area contributed by atoms with Gasteiger partial charge in [-0.2, -0.15) is 5.26 Å². The molecule has 0 spiro atoms. The summed E-state index contributed by atoms with van der Waals surface area (Å²) in [7, 11) is 2.09. The second kappa shape index (κ2) is 7.74. The minimum atomic E-state index is -0.751. The Kier molecular flexibility index (Phi) is 5.04. The topological polar surface area (TPSA) is 68.2 Å². The number of amides is 1. The van der Waals surface area contributed by atoms with Crippen LogP contribution in [0.15, 0.2) is 36.4 Å². The largest absolute Gasteiger partial charge is 0.338 e. The highest BCUT2D eigenvalue weighted by atomic mass is 19.1. The van der Waals surface area contributed by atoms with Crippen LogP contribution < -0.4 is 10.6 Å². The van der Waals surface area contributed by atoms with E-state index >= 15 is 0 Å². The molecule has 2 unspecified atom stereocenters. The first-order chi connectivity index (χ1) is 15.0. The van der Waals surface area contributed by atoms with Gasteiger partial charge >= 0.3 is 0 Å². The second-order valence-corrected chi connectivity index (χ2v) is 9.39. The van der Waals surface area contributed by atoms with Gasteiger partial charge in [-0.3, -0.25) is 9.69 Å². The summed E-state index contributed by atoms with van der Waals surface area (Å²) in [5.74, 6) is 0.0813. The maximum atomic E-state index is 14.9. The molecule has 1 amide bonds. The van der Waals surface area contributed by atoms with Gasteiger partial charge in [-0.1, -0.05) is 24.3 Å². The molecule has 1 saturated carbocycles. The molecular formula is C25H27FN4O. The Balaban J connectivity index is 1.29. The highest BCUT2D eigenvalue weighted by Crippen LogP contribution is 2.40. The first-order valence-corrected chi connectivity index (χ1v) is 11.0. The van der Waals surface area contributed by atoms with Crippen molar-refractivity contribution in [3.05, 3.63) is 58.9 Å². The third kappa shape index (κ3) is 3.73. The lowest BCUT2D eigenvalue weighted by molar-refractivity contribution is -0.127. The molecular weight excluding hydrogens is 391 g/mol. The van der Waals surface area contributed by atoms with Gasteiger partial charge in [-0.25, -0.2) is 4.39 Å². The van der Waals surface area contributed by atoms with Gasteiger partial charge in [0.2, 0.25) is 5.91 Å². The Hall–Kier alpha value is -2.75. The summed E-state index contributed by atoms with van der Waals surface area (Å²) in [6.45, 7) is 2.71. The van der Waals surface area contributed by atoms with Gasteiger partial charge in [0.15, 0.2) is 0 Å². The smallest absolute Gasteiger partial charge is 0.241 e. The molecule has 2 aromatic rings. The number of benzene rings is 2. The average molecular weight is 419 g/mol. The minimum absolute atomic E-state index is 0.126. The monoisotopic (exact) mass is 418 g/mol. The third-order valence-electron chi connectivity index (χ3n) is 7.14. The fourth-order valence-electron chi connectivity index (χ4n) is 5.39. The normalized spacial score (nSPS) is 25.3. The summed E-state index contributed by atoms with van der Waals surface area (Å²) in [6, 6.07) is 12.8. The number of fused-ring (bicyclic) bond motifs is 3. The zero-order valence-corrected chi connectivity index (χ0v) is 17.7. The molecule has 160 valence electrons. The van der Waals surface area contributed by atoms with Crippen LogP contribution in [-0.2, 0) is 24.3 Å². The van der Waals surface area contributed by atoms with Crippen molar-refractivity contribution in [2.24, 2.45) is 5.92 Å². The number of piperidine rings is 1. The highest BCUT2D eigenvalue weighted by molar-refractivity contribution is 5.87. The zero-order valence-electron chi connectivity index (χ0n) is 17.7. The highest BCUT2D eigenvalue weighted by Gasteiger charge is 2.50. The maximum Gasteiger partial charge on any atom is 0.241 e. The molecule has 31 heavy (non-hydrogen) atoms. The first-order valence-electron chi connectivity index (χ1n) is 11.0. The van der Waals surface area contributed by atoms with E-state index in [0.717, 1.165) is 50.0 Å². The molecule has 0 radical (unpaired) electrons. The number of rotatable bonds is 5. The van der Waals surface area contributed by atoms with Gasteiger partial charge in [-0.15, -0.1) is 0 Å². The van der Waals surface area contributed by atoms with Crippen LogP contribution in [0.25, 0.3) is 11.1 Å². The number of carbonyl (C=O) groups excluding carboxylic acids is 1. The fourth-order valence-corrected chi connectivity index (χ4v) is 5.39.